The molecule has 0 aliphatic rings. The molecule has 136 valence electrons. The largest absolute Gasteiger partial charge is 0.440 e. The highest BCUT2D eigenvalue weighted by molar-refractivity contribution is 5.97. The summed E-state index contributed by atoms with van der Waals surface area (Å²) in [7, 11) is 1.74. The van der Waals surface area contributed by atoms with E-state index in [1.54, 1.807) is 30.1 Å². The first-order valence-corrected chi connectivity index (χ1v) is 8.84. The predicted octanol–water partition coefficient (Wildman–Crippen LogP) is 4.15. The molecule has 1 N–H and O–H groups in total. The van der Waals surface area contributed by atoms with Crippen molar-refractivity contribution in [2.24, 2.45) is 0 Å². The van der Waals surface area contributed by atoms with Crippen molar-refractivity contribution in [3.8, 4) is 0 Å². The van der Waals surface area contributed by atoms with Gasteiger partial charge in [-0.1, -0.05) is 44.2 Å². The van der Waals surface area contributed by atoms with Gasteiger partial charge < -0.3 is 14.4 Å². The van der Waals surface area contributed by atoms with E-state index in [0.717, 1.165) is 5.56 Å². The van der Waals surface area contributed by atoms with Crippen molar-refractivity contribution < 1.29 is 14.3 Å². The van der Waals surface area contributed by atoms with Crippen LogP contribution in [-0.2, 0) is 0 Å². The molecule has 1 heterocycles. The second kappa shape index (κ2) is 7.70. The molecular formula is C21H24N2O3. The molecule has 1 unspecified atom stereocenters. The zero-order valence-corrected chi connectivity index (χ0v) is 15.3. The lowest BCUT2D eigenvalue weighted by Gasteiger charge is -2.19. The van der Waals surface area contributed by atoms with Crippen LogP contribution in [0.2, 0.25) is 0 Å². The van der Waals surface area contributed by atoms with E-state index < -0.39 is 6.10 Å². The van der Waals surface area contributed by atoms with Crippen molar-refractivity contribution >= 4 is 17.0 Å². The SMILES string of the molecule is CC(C)c1nc2cc(C(=O)N(C)CCC(O)c3ccccc3)ccc2o1. The Bertz CT molecular complexity index is 887. The second-order valence-electron chi connectivity index (χ2n) is 6.83. The Morgan fingerprint density at radius 3 is 2.62 bits per heavy atom. The van der Waals surface area contributed by atoms with Gasteiger partial charge >= 0.3 is 0 Å². The molecule has 2 aromatic carbocycles. The van der Waals surface area contributed by atoms with Crippen LogP contribution in [0, 0.1) is 0 Å². The van der Waals surface area contributed by atoms with E-state index in [0.29, 0.717) is 35.5 Å². The molecule has 0 saturated carbocycles. The highest BCUT2D eigenvalue weighted by Crippen LogP contribution is 2.23. The smallest absolute Gasteiger partial charge is 0.253 e. The number of hydrogen-bond donors (Lipinski definition) is 1. The normalized spacial score (nSPS) is 12.5. The number of aliphatic hydroxyl groups excluding tert-OH is 1. The molecule has 1 amide bonds. The van der Waals surface area contributed by atoms with E-state index in [4.69, 9.17) is 4.42 Å². The lowest BCUT2D eigenvalue weighted by atomic mass is 10.1. The van der Waals surface area contributed by atoms with Gasteiger partial charge in [-0.05, 0) is 30.2 Å². The maximum absolute atomic E-state index is 12.7. The number of nitrogens with zero attached hydrogens (tertiary/aromatic N) is 2. The summed E-state index contributed by atoms with van der Waals surface area (Å²) in [6.45, 7) is 4.49. The number of rotatable bonds is 6. The lowest BCUT2D eigenvalue weighted by molar-refractivity contribution is 0.0761. The van der Waals surface area contributed by atoms with E-state index in [2.05, 4.69) is 4.98 Å². The minimum atomic E-state index is -0.585. The van der Waals surface area contributed by atoms with Crippen molar-refractivity contribution in [2.45, 2.75) is 32.3 Å². The number of carbonyl (C=O) groups is 1. The topological polar surface area (TPSA) is 66.6 Å². The molecule has 0 aliphatic carbocycles. The summed E-state index contributed by atoms with van der Waals surface area (Å²) >= 11 is 0. The Morgan fingerprint density at radius 2 is 1.92 bits per heavy atom. The summed E-state index contributed by atoms with van der Waals surface area (Å²) < 4.78 is 5.68. The molecule has 0 aliphatic heterocycles. The van der Waals surface area contributed by atoms with Gasteiger partial charge in [0.05, 0.1) is 6.10 Å². The summed E-state index contributed by atoms with van der Waals surface area (Å²) in [4.78, 5) is 18.7. The fourth-order valence-corrected chi connectivity index (χ4v) is 2.80. The highest BCUT2D eigenvalue weighted by Gasteiger charge is 2.16. The minimum Gasteiger partial charge on any atom is -0.440 e. The quantitative estimate of drug-likeness (QED) is 0.724. The van der Waals surface area contributed by atoms with Crippen LogP contribution in [0.4, 0.5) is 0 Å². The van der Waals surface area contributed by atoms with Crippen LogP contribution < -0.4 is 0 Å². The number of amides is 1. The first-order chi connectivity index (χ1) is 12.5. The number of hydrogen-bond acceptors (Lipinski definition) is 4. The van der Waals surface area contributed by atoms with E-state index in [1.165, 1.54) is 0 Å². The Kier molecular flexibility index (Phi) is 5.38. The van der Waals surface area contributed by atoms with Crippen LogP contribution in [0.25, 0.3) is 11.1 Å². The van der Waals surface area contributed by atoms with Crippen LogP contribution in [0.15, 0.2) is 52.9 Å². The van der Waals surface area contributed by atoms with Gasteiger partial charge in [-0.2, -0.15) is 0 Å². The van der Waals surface area contributed by atoms with Crippen molar-refractivity contribution in [3.05, 3.63) is 65.5 Å². The summed E-state index contributed by atoms with van der Waals surface area (Å²) in [5, 5.41) is 10.3. The molecule has 26 heavy (non-hydrogen) atoms. The summed E-state index contributed by atoms with van der Waals surface area (Å²) in [5.74, 6) is 0.772. The highest BCUT2D eigenvalue weighted by atomic mass is 16.3. The van der Waals surface area contributed by atoms with Gasteiger partial charge in [0.15, 0.2) is 11.5 Å². The second-order valence-corrected chi connectivity index (χ2v) is 6.83. The van der Waals surface area contributed by atoms with E-state index in [9.17, 15) is 9.90 Å². The maximum atomic E-state index is 12.7. The molecule has 0 bridgehead atoms. The standard InChI is InChI=1S/C21H24N2O3/c1-14(2)20-22-17-13-16(9-10-19(17)26-20)21(25)23(3)12-11-18(24)15-7-5-4-6-8-15/h4-10,13-14,18,24H,11-12H2,1-3H3. The Hall–Kier alpha value is -2.66. The van der Waals surface area contributed by atoms with Crippen LogP contribution in [0.3, 0.4) is 0 Å². The minimum absolute atomic E-state index is 0.0961. The number of benzene rings is 2. The monoisotopic (exact) mass is 352 g/mol. The van der Waals surface area contributed by atoms with Crippen molar-refractivity contribution in [1.29, 1.82) is 0 Å². The molecule has 0 radical (unpaired) electrons. The molecule has 5 heteroatoms. The predicted molar refractivity (Wildman–Crippen MR) is 101 cm³/mol. The van der Waals surface area contributed by atoms with E-state index >= 15 is 0 Å². The van der Waals surface area contributed by atoms with Crippen molar-refractivity contribution in [2.75, 3.05) is 13.6 Å². The van der Waals surface area contributed by atoms with Gasteiger partial charge in [-0.3, -0.25) is 4.79 Å². The number of aliphatic hydroxyl groups is 1. The average Bonchev–Trinajstić information content (AvgIpc) is 3.09. The van der Waals surface area contributed by atoms with Crippen LogP contribution >= 0.6 is 0 Å². The first-order valence-electron chi connectivity index (χ1n) is 8.84. The van der Waals surface area contributed by atoms with Gasteiger partial charge in [0, 0.05) is 25.1 Å². The average molecular weight is 352 g/mol. The van der Waals surface area contributed by atoms with Gasteiger partial charge in [-0.15, -0.1) is 0 Å². The van der Waals surface area contributed by atoms with Crippen molar-refractivity contribution in [1.82, 2.24) is 9.88 Å². The Balaban J connectivity index is 1.67. The fraction of sp³-hybridized carbons (Fsp3) is 0.333. The third-order valence-corrected chi connectivity index (χ3v) is 4.41. The van der Waals surface area contributed by atoms with Crippen LogP contribution in [0.5, 0.6) is 0 Å². The number of oxazole rings is 1. The molecular weight excluding hydrogens is 328 g/mol. The number of aromatic nitrogens is 1. The zero-order valence-electron chi connectivity index (χ0n) is 15.3. The first kappa shape index (κ1) is 18.1. The zero-order chi connectivity index (χ0) is 18.7. The summed E-state index contributed by atoms with van der Waals surface area (Å²) in [6, 6.07) is 14.8. The molecule has 1 aromatic heterocycles. The van der Waals surface area contributed by atoms with E-state index in [-0.39, 0.29) is 11.8 Å². The van der Waals surface area contributed by atoms with Gasteiger partial charge in [0.1, 0.15) is 5.52 Å². The maximum Gasteiger partial charge on any atom is 0.253 e. The van der Waals surface area contributed by atoms with E-state index in [1.807, 2.05) is 44.2 Å². The molecule has 1 atom stereocenters. The molecule has 0 saturated heterocycles. The van der Waals surface area contributed by atoms with Gasteiger partial charge in [-0.25, -0.2) is 4.98 Å². The lowest BCUT2D eigenvalue weighted by Crippen LogP contribution is -2.28. The third-order valence-electron chi connectivity index (χ3n) is 4.41. The molecule has 3 aromatic rings. The van der Waals surface area contributed by atoms with Crippen molar-refractivity contribution in [3.63, 3.8) is 0 Å². The van der Waals surface area contributed by atoms with Crippen LogP contribution in [0.1, 0.15) is 54.1 Å². The number of fused-ring (bicyclic) bond motifs is 1. The summed E-state index contributed by atoms with van der Waals surface area (Å²) in [5.41, 5.74) is 2.81. The fourth-order valence-electron chi connectivity index (χ4n) is 2.80. The van der Waals surface area contributed by atoms with Gasteiger partial charge in [0.2, 0.25) is 0 Å². The Labute approximate surface area is 153 Å². The molecule has 3 rings (SSSR count). The van der Waals surface area contributed by atoms with Crippen LogP contribution in [-0.4, -0.2) is 34.5 Å². The Morgan fingerprint density at radius 1 is 1.19 bits per heavy atom. The third kappa shape index (κ3) is 3.94. The molecule has 5 nitrogen and oxygen atoms in total. The van der Waals surface area contributed by atoms with Gasteiger partial charge in [0.25, 0.3) is 5.91 Å². The molecule has 0 fully saturated rings. The number of carbonyl (C=O) groups excluding carboxylic acids is 1. The summed E-state index contributed by atoms with van der Waals surface area (Å²) in [6.07, 6.45) is -0.103. The molecule has 0 spiro atoms.